The molecule has 192 valence electrons. The predicted molar refractivity (Wildman–Crippen MR) is 135 cm³/mol. The molecule has 0 amide bonds. The number of carboxylic acids is 1. The number of ketones is 1. The van der Waals surface area contributed by atoms with Crippen LogP contribution >= 0.6 is 0 Å². The maximum Gasteiger partial charge on any atom is 0.307 e. The molecule has 1 saturated carbocycles. The molecule has 2 aromatic heterocycles. The summed E-state index contributed by atoms with van der Waals surface area (Å²) in [7, 11) is 0. The van der Waals surface area contributed by atoms with E-state index in [1.807, 2.05) is 0 Å². The van der Waals surface area contributed by atoms with Gasteiger partial charge in [-0.25, -0.2) is 4.68 Å². The van der Waals surface area contributed by atoms with E-state index in [0.717, 1.165) is 17.0 Å². The van der Waals surface area contributed by atoms with Crippen LogP contribution < -0.4 is 10.3 Å². The molecule has 2 heterocycles. The molecular weight excluding hydrogens is 476 g/mol. The second-order valence-electron chi connectivity index (χ2n) is 9.56. The Morgan fingerprint density at radius 2 is 1.95 bits per heavy atom. The van der Waals surface area contributed by atoms with E-state index in [9.17, 15) is 19.5 Å². The van der Waals surface area contributed by atoms with Gasteiger partial charge in [-0.2, -0.15) is 0 Å². The summed E-state index contributed by atoms with van der Waals surface area (Å²) < 4.78 is 12.3. The topological polar surface area (TPSA) is 137 Å². The highest BCUT2D eigenvalue weighted by Crippen LogP contribution is 2.29. The largest absolute Gasteiger partial charge is 0.493 e. The number of aliphatic carboxylic acids is 1. The number of Topliss-reactive ketones (excluding diaryl/α,β-unsaturated/α-hetero) is 1. The van der Waals surface area contributed by atoms with Crippen LogP contribution in [-0.2, 0) is 11.3 Å². The van der Waals surface area contributed by atoms with Crippen LogP contribution in [0.5, 0.6) is 5.75 Å². The molecule has 10 nitrogen and oxygen atoms in total. The van der Waals surface area contributed by atoms with Crippen LogP contribution in [0.4, 0.5) is 0 Å². The SMILES string of the molecule is O=C(CC(CCn1nnc2ccccc2c1=O)C(=O)O)c1noc2cc(OCCC3CCCC3)ccc12. The summed E-state index contributed by atoms with van der Waals surface area (Å²) in [6.45, 7) is 0.642. The number of hydrogen-bond donors (Lipinski definition) is 1. The van der Waals surface area contributed by atoms with E-state index in [4.69, 9.17) is 9.26 Å². The summed E-state index contributed by atoms with van der Waals surface area (Å²) in [6.07, 6.45) is 5.88. The lowest BCUT2D eigenvalue weighted by molar-refractivity contribution is -0.142. The minimum atomic E-state index is -1.14. The molecule has 5 rings (SSSR count). The van der Waals surface area contributed by atoms with Gasteiger partial charge in [0.25, 0.3) is 5.56 Å². The average Bonchev–Trinajstić information content (AvgIpc) is 3.57. The monoisotopic (exact) mass is 504 g/mol. The lowest BCUT2D eigenvalue weighted by Gasteiger charge is -2.11. The zero-order valence-electron chi connectivity index (χ0n) is 20.3. The number of carbonyl (C=O) groups is 2. The molecule has 37 heavy (non-hydrogen) atoms. The summed E-state index contributed by atoms with van der Waals surface area (Å²) in [4.78, 5) is 37.5. The van der Waals surface area contributed by atoms with Crippen LogP contribution in [0.15, 0.2) is 51.8 Å². The minimum absolute atomic E-state index is 0.0159. The summed E-state index contributed by atoms with van der Waals surface area (Å²) in [5.41, 5.74) is 0.604. The Hall–Kier alpha value is -4.08. The van der Waals surface area contributed by atoms with Gasteiger partial charge in [0, 0.05) is 19.0 Å². The first-order valence-electron chi connectivity index (χ1n) is 12.6. The first-order chi connectivity index (χ1) is 18.0. The standard InChI is InChI=1S/C27H28N4O6/c32-23(15-18(27(34)35)11-13-31-26(33)20-7-3-4-8-22(20)28-30-31)25-21-10-9-19(16-24(21)37-29-25)36-14-12-17-5-1-2-6-17/h3-4,7-10,16-18H,1-2,5-6,11-15H2,(H,34,35). The van der Waals surface area contributed by atoms with E-state index >= 15 is 0 Å². The average molecular weight is 505 g/mol. The molecule has 0 radical (unpaired) electrons. The molecule has 2 aromatic carbocycles. The molecule has 1 fully saturated rings. The van der Waals surface area contributed by atoms with Gasteiger partial charge in [-0.15, -0.1) is 5.10 Å². The summed E-state index contributed by atoms with van der Waals surface area (Å²) >= 11 is 0. The number of nitrogens with zero attached hydrogens (tertiary/aromatic N) is 4. The highest BCUT2D eigenvalue weighted by atomic mass is 16.5. The van der Waals surface area contributed by atoms with E-state index in [0.29, 0.717) is 34.2 Å². The first kappa shape index (κ1) is 24.6. The second-order valence-corrected chi connectivity index (χ2v) is 9.56. The number of aromatic nitrogens is 4. The number of hydrogen-bond acceptors (Lipinski definition) is 8. The number of carboxylic acid groups (broad SMARTS) is 1. The molecule has 10 heteroatoms. The van der Waals surface area contributed by atoms with E-state index in [1.165, 1.54) is 25.7 Å². The van der Waals surface area contributed by atoms with E-state index in [2.05, 4.69) is 15.5 Å². The molecule has 1 atom stereocenters. The molecule has 1 unspecified atom stereocenters. The molecule has 0 bridgehead atoms. The fraction of sp³-hybridized carbons (Fsp3) is 0.407. The first-order valence-corrected chi connectivity index (χ1v) is 12.6. The van der Waals surface area contributed by atoms with E-state index < -0.39 is 17.7 Å². The minimum Gasteiger partial charge on any atom is -0.493 e. The van der Waals surface area contributed by atoms with Gasteiger partial charge < -0.3 is 14.4 Å². The lowest BCUT2D eigenvalue weighted by Crippen LogP contribution is -2.27. The molecule has 1 aliphatic rings. The van der Waals surface area contributed by atoms with Gasteiger partial charge in [0.2, 0.25) is 0 Å². The zero-order valence-corrected chi connectivity index (χ0v) is 20.3. The van der Waals surface area contributed by atoms with Crippen LogP contribution in [-0.4, -0.2) is 43.6 Å². The van der Waals surface area contributed by atoms with Crippen molar-refractivity contribution in [3.63, 3.8) is 0 Å². The third-order valence-corrected chi connectivity index (χ3v) is 7.08. The van der Waals surface area contributed by atoms with Crippen LogP contribution in [0.3, 0.4) is 0 Å². The summed E-state index contributed by atoms with van der Waals surface area (Å²) in [5.74, 6) is -1.24. The fourth-order valence-corrected chi connectivity index (χ4v) is 4.93. The number of carbonyl (C=O) groups excluding carboxylic acids is 1. The van der Waals surface area contributed by atoms with Gasteiger partial charge in [-0.05, 0) is 43.0 Å². The van der Waals surface area contributed by atoms with E-state index in [-0.39, 0.29) is 30.6 Å². The number of rotatable bonds is 11. The summed E-state index contributed by atoms with van der Waals surface area (Å²) in [5, 5.41) is 22.4. The summed E-state index contributed by atoms with van der Waals surface area (Å²) in [6, 6.07) is 12.0. The smallest absolute Gasteiger partial charge is 0.307 e. The molecule has 0 aliphatic heterocycles. The van der Waals surface area contributed by atoms with Gasteiger partial charge in [0.15, 0.2) is 17.1 Å². The Bertz CT molecular complexity index is 1490. The molecule has 1 aliphatic carbocycles. The Morgan fingerprint density at radius 3 is 2.76 bits per heavy atom. The Kier molecular flexibility index (Phi) is 7.25. The van der Waals surface area contributed by atoms with Gasteiger partial charge in [-0.3, -0.25) is 14.4 Å². The number of fused-ring (bicyclic) bond motifs is 2. The highest BCUT2D eigenvalue weighted by Gasteiger charge is 2.26. The molecule has 0 spiro atoms. The van der Waals surface area contributed by atoms with Crippen molar-refractivity contribution in [2.45, 2.75) is 51.5 Å². The third-order valence-electron chi connectivity index (χ3n) is 7.08. The molecule has 1 N–H and O–H groups in total. The van der Waals surface area contributed by atoms with Crippen molar-refractivity contribution in [1.82, 2.24) is 20.2 Å². The van der Waals surface area contributed by atoms with Crippen molar-refractivity contribution in [2.24, 2.45) is 11.8 Å². The third kappa shape index (κ3) is 5.52. The Labute approximate surface area is 212 Å². The van der Waals surface area contributed by atoms with Crippen LogP contribution in [0.2, 0.25) is 0 Å². The normalized spacial score (nSPS) is 14.8. The van der Waals surface area contributed by atoms with Gasteiger partial charge in [0.1, 0.15) is 11.3 Å². The van der Waals surface area contributed by atoms with Crippen LogP contribution in [0.25, 0.3) is 21.9 Å². The number of ether oxygens (including phenoxy) is 1. The van der Waals surface area contributed by atoms with Crippen LogP contribution in [0.1, 0.15) is 55.4 Å². The van der Waals surface area contributed by atoms with Gasteiger partial charge in [0.05, 0.1) is 23.3 Å². The Morgan fingerprint density at radius 1 is 1.14 bits per heavy atom. The molecule has 0 saturated heterocycles. The highest BCUT2D eigenvalue weighted by molar-refractivity contribution is 6.06. The Balaban J connectivity index is 1.23. The number of benzene rings is 2. The predicted octanol–water partition coefficient (Wildman–Crippen LogP) is 4.26. The zero-order chi connectivity index (χ0) is 25.8. The van der Waals surface area contributed by atoms with Gasteiger partial charge >= 0.3 is 5.97 Å². The van der Waals surface area contributed by atoms with Crippen molar-refractivity contribution in [3.8, 4) is 5.75 Å². The van der Waals surface area contributed by atoms with Crippen molar-refractivity contribution in [1.29, 1.82) is 0 Å². The maximum atomic E-state index is 13.0. The lowest BCUT2D eigenvalue weighted by atomic mass is 9.96. The quantitative estimate of drug-likeness (QED) is 0.297. The fourth-order valence-electron chi connectivity index (χ4n) is 4.93. The number of aryl methyl sites for hydroxylation is 1. The second kappa shape index (κ2) is 10.9. The van der Waals surface area contributed by atoms with Crippen molar-refractivity contribution in [2.75, 3.05) is 6.61 Å². The van der Waals surface area contributed by atoms with E-state index in [1.54, 1.807) is 42.5 Å². The van der Waals surface area contributed by atoms with Crippen molar-refractivity contribution >= 4 is 33.6 Å². The molecule has 4 aromatic rings. The van der Waals surface area contributed by atoms with Crippen molar-refractivity contribution in [3.05, 3.63) is 58.5 Å². The maximum absolute atomic E-state index is 13.0. The molecular formula is C27H28N4O6. The van der Waals surface area contributed by atoms with Gasteiger partial charge in [-0.1, -0.05) is 48.2 Å². The van der Waals surface area contributed by atoms with Crippen LogP contribution in [0, 0.1) is 11.8 Å². The van der Waals surface area contributed by atoms with Crippen molar-refractivity contribution < 1.29 is 24.0 Å².